The number of pyridine rings is 1. The van der Waals surface area contributed by atoms with Gasteiger partial charge in [0.2, 0.25) is 0 Å². The number of benzene rings is 1. The molecule has 1 aromatic heterocycles. The Morgan fingerprint density at radius 2 is 1.79 bits per heavy atom. The largest absolute Gasteiger partial charge is 0.424 e. The van der Waals surface area contributed by atoms with E-state index in [9.17, 15) is 4.79 Å². The van der Waals surface area contributed by atoms with Gasteiger partial charge in [-0.05, 0) is 38.5 Å². The fourth-order valence-corrected chi connectivity index (χ4v) is 3.00. The average Bonchev–Trinajstić information content (AvgIpc) is 2.78. The number of rotatable bonds is 3. The van der Waals surface area contributed by atoms with E-state index in [1.54, 1.807) is 6.20 Å². The molecule has 4 heteroatoms. The number of hydrogen-bond donors (Lipinski definition) is 0. The van der Waals surface area contributed by atoms with Crippen molar-refractivity contribution in [2.75, 3.05) is 0 Å². The molecule has 0 fully saturated rings. The second-order valence-corrected chi connectivity index (χ2v) is 6.37. The fraction of sp³-hybridized carbons (Fsp3) is 0.250. The van der Waals surface area contributed by atoms with Gasteiger partial charge in [0, 0.05) is 30.0 Å². The summed E-state index contributed by atoms with van der Waals surface area (Å²) in [7, 11) is 0. The molecule has 0 aliphatic carbocycles. The quantitative estimate of drug-likeness (QED) is 0.805. The molecular formula is C20H20N2O2. The monoisotopic (exact) mass is 320 g/mol. The number of carbonyl (C=O) groups excluding carboxylic acids is 1. The van der Waals surface area contributed by atoms with Gasteiger partial charge in [0.25, 0.3) is 0 Å². The van der Waals surface area contributed by atoms with Crippen LogP contribution in [0.5, 0.6) is 0 Å². The second kappa shape index (κ2) is 6.04. The molecule has 2 heterocycles. The summed E-state index contributed by atoms with van der Waals surface area (Å²) in [4.78, 5) is 20.8. The van der Waals surface area contributed by atoms with E-state index >= 15 is 0 Å². The number of esters is 1. The Morgan fingerprint density at radius 3 is 2.42 bits per heavy atom. The van der Waals surface area contributed by atoms with Crippen molar-refractivity contribution >= 4 is 17.3 Å². The van der Waals surface area contributed by atoms with Gasteiger partial charge in [0.05, 0.1) is 5.54 Å². The summed E-state index contributed by atoms with van der Waals surface area (Å²) in [6.45, 7) is 7.40. The smallest absolute Gasteiger partial charge is 0.308 e. The highest BCUT2D eigenvalue weighted by Crippen LogP contribution is 2.41. The van der Waals surface area contributed by atoms with Gasteiger partial charge in [-0.3, -0.25) is 14.8 Å². The Labute approximate surface area is 141 Å². The SMILES string of the molecule is CC(=O)OC1=C(c2ccnc(C)c2)C(C)(C)N=C1c1ccccc1. The molecule has 0 unspecified atom stereocenters. The number of nitrogens with zero attached hydrogens (tertiary/aromatic N) is 2. The first-order valence-electron chi connectivity index (χ1n) is 7.90. The van der Waals surface area contributed by atoms with Crippen LogP contribution in [-0.2, 0) is 9.53 Å². The van der Waals surface area contributed by atoms with Crippen LogP contribution >= 0.6 is 0 Å². The number of hydrogen-bond acceptors (Lipinski definition) is 4. The Bertz CT molecular complexity index is 849. The average molecular weight is 320 g/mol. The first-order valence-corrected chi connectivity index (χ1v) is 7.90. The van der Waals surface area contributed by atoms with Gasteiger partial charge in [-0.25, -0.2) is 0 Å². The van der Waals surface area contributed by atoms with Crippen molar-refractivity contribution in [3.8, 4) is 0 Å². The van der Waals surface area contributed by atoms with Crippen LogP contribution in [0.2, 0.25) is 0 Å². The lowest BCUT2D eigenvalue weighted by Crippen LogP contribution is -2.17. The molecule has 1 aliphatic rings. The minimum absolute atomic E-state index is 0.352. The molecule has 0 spiro atoms. The first kappa shape index (κ1) is 16.1. The molecule has 3 rings (SSSR count). The molecule has 24 heavy (non-hydrogen) atoms. The number of allylic oxidation sites excluding steroid dienone is 1. The zero-order valence-electron chi connectivity index (χ0n) is 14.3. The van der Waals surface area contributed by atoms with Gasteiger partial charge in [0.15, 0.2) is 5.76 Å². The summed E-state index contributed by atoms with van der Waals surface area (Å²) in [5.74, 6) is 0.180. The third kappa shape index (κ3) is 3.00. The molecule has 0 bridgehead atoms. The minimum Gasteiger partial charge on any atom is -0.424 e. The zero-order chi connectivity index (χ0) is 17.3. The molecular weight excluding hydrogens is 300 g/mol. The summed E-state index contributed by atoms with van der Waals surface area (Å²) in [6, 6.07) is 13.7. The maximum absolute atomic E-state index is 11.7. The van der Waals surface area contributed by atoms with E-state index in [4.69, 9.17) is 9.73 Å². The van der Waals surface area contributed by atoms with Crippen LogP contribution in [0.4, 0.5) is 0 Å². The summed E-state index contributed by atoms with van der Waals surface area (Å²) in [5, 5.41) is 0. The summed E-state index contributed by atoms with van der Waals surface area (Å²) in [6.07, 6.45) is 1.76. The van der Waals surface area contributed by atoms with E-state index in [0.29, 0.717) is 11.5 Å². The highest BCUT2D eigenvalue weighted by atomic mass is 16.5. The van der Waals surface area contributed by atoms with Crippen LogP contribution in [0.25, 0.3) is 5.57 Å². The van der Waals surface area contributed by atoms with Crippen LogP contribution in [0.15, 0.2) is 59.4 Å². The van der Waals surface area contributed by atoms with E-state index in [0.717, 1.165) is 22.4 Å². The van der Waals surface area contributed by atoms with Gasteiger partial charge in [-0.15, -0.1) is 0 Å². The normalized spacial score (nSPS) is 16.1. The van der Waals surface area contributed by atoms with Crippen molar-refractivity contribution in [2.24, 2.45) is 4.99 Å². The lowest BCUT2D eigenvalue weighted by Gasteiger charge is -2.20. The van der Waals surface area contributed by atoms with Crippen LogP contribution in [0.3, 0.4) is 0 Å². The van der Waals surface area contributed by atoms with Crippen LogP contribution in [0, 0.1) is 6.92 Å². The van der Waals surface area contributed by atoms with Crippen LogP contribution in [-0.4, -0.2) is 22.2 Å². The van der Waals surface area contributed by atoms with Crippen molar-refractivity contribution in [1.82, 2.24) is 4.98 Å². The molecule has 0 saturated carbocycles. The molecule has 0 radical (unpaired) electrons. The molecule has 0 atom stereocenters. The first-order chi connectivity index (χ1) is 11.4. The standard InChI is InChI=1S/C20H20N2O2/c1-13-12-16(10-11-21-13)17-19(24-14(2)23)18(22-20(17,3)4)15-8-6-5-7-9-15/h5-12H,1-4H3. The van der Waals surface area contributed by atoms with Crippen LogP contribution in [0.1, 0.15) is 37.6 Å². The number of carbonyl (C=O) groups is 1. The lowest BCUT2D eigenvalue weighted by molar-refractivity contribution is -0.136. The fourth-order valence-electron chi connectivity index (χ4n) is 3.00. The number of aromatic nitrogens is 1. The molecule has 1 aromatic carbocycles. The Balaban J connectivity index is 2.23. The lowest BCUT2D eigenvalue weighted by atomic mass is 9.89. The maximum atomic E-state index is 11.7. The predicted octanol–water partition coefficient (Wildman–Crippen LogP) is 3.95. The molecule has 4 nitrogen and oxygen atoms in total. The third-order valence-electron chi connectivity index (χ3n) is 3.92. The molecule has 1 aliphatic heterocycles. The number of aliphatic imine (C=N–C) groups is 1. The predicted molar refractivity (Wildman–Crippen MR) is 94.7 cm³/mol. The van der Waals surface area contributed by atoms with E-state index in [-0.39, 0.29) is 5.97 Å². The van der Waals surface area contributed by atoms with Crippen molar-refractivity contribution in [3.05, 3.63) is 71.2 Å². The molecule has 2 aromatic rings. The Morgan fingerprint density at radius 1 is 1.08 bits per heavy atom. The van der Waals surface area contributed by atoms with E-state index in [2.05, 4.69) is 4.98 Å². The van der Waals surface area contributed by atoms with Gasteiger partial charge in [0.1, 0.15) is 5.71 Å². The Hall–Kier alpha value is -2.75. The zero-order valence-corrected chi connectivity index (χ0v) is 14.3. The van der Waals surface area contributed by atoms with Crippen molar-refractivity contribution in [1.29, 1.82) is 0 Å². The van der Waals surface area contributed by atoms with Gasteiger partial charge in [-0.1, -0.05) is 30.3 Å². The van der Waals surface area contributed by atoms with Gasteiger partial charge in [-0.2, -0.15) is 0 Å². The number of aryl methyl sites for hydroxylation is 1. The van der Waals surface area contributed by atoms with Crippen molar-refractivity contribution in [2.45, 2.75) is 33.2 Å². The summed E-state index contributed by atoms with van der Waals surface area (Å²) < 4.78 is 5.61. The molecule has 0 saturated heterocycles. The highest BCUT2D eigenvalue weighted by molar-refractivity contribution is 6.19. The molecule has 0 amide bonds. The summed E-state index contributed by atoms with van der Waals surface area (Å²) in [5.41, 5.74) is 3.93. The highest BCUT2D eigenvalue weighted by Gasteiger charge is 2.38. The Kier molecular flexibility index (Phi) is 4.06. The topological polar surface area (TPSA) is 51.5 Å². The van der Waals surface area contributed by atoms with Crippen molar-refractivity contribution in [3.63, 3.8) is 0 Å². The van der Waals surface area contributed by atoms with Crippen molar-refractivity contribution < 1.29 is 9.53 Å². The van der Waals surface area contributed by atoms with E-state index < -0.39 is 5.54 Å². The van der Waals surface area contributed by atoms with Gasteiger partial charge >= 0.3 is 5.97 Å². The van der Waals surface area contributed by atoms with Gasteiger partial charge < -0.3 is 4.74 Å². The summed E-state index contributed by atoms with van der Waals surface area (Å²) >= 11 is 0. The second-order valence-electron chi connectivity index (χ2n) is 6.37. The van der Waals surface area contributed by atoms with Crippen LogP contribution < -0.4 is 0 Å². The van der Waals surface area contributed by atoms with E-state index in [1.807, 2.05) is 63.2 Å². The third-order valence-corrected chi connectivity index (χ3v) is 3.92. The molecule has 0 N–H and O–H groups in total. The number of ether oxygens (including phenoxy) is 1. The maximum Gasteiger partial charge on any atom is 0.308 e. The molecule has 122 valence electrons. The minimum atomic E-state index is -0.496. The van der Waals surface area contributed by atoms with E-state index in [1.165, 1.54) is 6.92 Å².